The second-order valence-corrected chi connectivity index (χ2v) is 7.82. The summed E-state index contributed by atoms with van der Waals surface area (Å²) in [4.78, 5) is 9.34. The summed E-state index contributed by atoms with van der Waals surface area (Å²) < 4.78 is 0. The Morgan fingerprint density at radius 2 is 2.05 bits per heavy atom. The molecular formula is C17H23N3S. The summed E-state index contributed by atoms with van der Waals surface area (Å²) in [5, 5.41) is 7.06. The van der Waals surface area contributed by atoms with Gasteiger partial charge < -0.3 is 5.32 Å². The lowest BCUT2D eigenvalue weighted by molar-refractivity contribution is 0.557. The van der Waals surface area contributed by atoms with Crippen molar-refractivity contribution in [3.05, 3.63) is 45.7 Å². The van der Waals surface area contributed by atoms with Crippen molar-refractivity contribution in [2.45, 2.75) is 58.0 Å². The Balaban J connectivity index is 1.91. The zero-order chi connectivity index (χ0) is 15.0. The van der Waals surface area contributed by atoms with Gasteiger partial charge in [-0.3, -0.25) is 4.98 Å². The normalized spacial score (nSPS) is 17.0. The molecule has 3 nitrogen and oxygen atoms in total. The quantitative estimate of drug-likeness (QED) is 0.928. The number of hydrogen-bond acceptors (Lipinski definition) is 4. The molecule has 0 saturated heterocycles. The van der Waals surface area contributed by atoms with Crippen LogP contribution in [0.5, 0.6) is 0 Å². The van der Waals surface area contributed by atoms with E-state index in [0.717, 1.165) is 10.7 Å². The molecule has 0 radical (unpaired) electrons. The molecule has 2 aromatic rings. The van der Waals surface area contributed by atoms with Crippen molar-refractivity contribution >= 4 is 11.3 Å². The maximum Gasteiger partial charge on any atom is 0.114 e. The molecule has 0 aliphatic heterocycles. The Kier molecular flexibility index (Phi) is 3.84. The van der Waals surface area contributed by atoms with E-state index < -0.39 is 0 Å². The molecule has 0 amide bonds. The Morgan fingerprint density at radius 3 is 2.57 bits per heavy atom. The van der Waals surface area contributed by atoms with Gasteiger partial charge in [-0.25, -0.2) is 4.98 Å². The van der Waals surface area contributed by atoms with E-state index in [2.05, 4.69) is 48.6 Å². The van der Waals surface area contributed by atoms with Crippen molar-refractivity contribution in [3.63, 3.8) is 0 Å². The maximum absolute atomic E-state index is 4.89. The molecule has 112 valence electrons. The lowest BCUT2D eigenvalue weighted by Gasteiger charge is -2.18. The zero-order valence-corrected chi connectivity index (χ0v) is 14.0. The number of aryl methyl sites for hydroxylation is 1. The van der Waals surface area contributed by atoms with Gasteiger partial charge in [0.2, 0.25) is 0 Å². The average Bonchev–Trinajstić information content (AvgIpc) is 3.10. The number of nitrogens with one attached hydrogen (secondary N) is 1. The number of aromatic nitrogens is 2. The van der Waals surface area contributed by atoms with Crippen molar-refractivity contribution in [1.82, 2.24) is 15.3 Å². The third kappa shape index (κ3) is 3.50. The Hall–Kier alpha value is -1.26. The summed E-state index contributed by atoms with van der Waals surface area (Å²) in [6, 6.07) is 5.06. The van der Waals surface area contributed by atoms with E-state index in [1.54, 1.807) is 11.3 Å². The summed E-state index contributed by atoms with van der Waals surface area (Å²) in [6.45, 7) is 8.65. The van der Waals surface area contributed by atoms with Gasteiger partial charge in [0.25, 0.3) is 0 Å². The molecule has 0 bridgehead atoms. The van der Waals surface area contributed by atoms with Crippen molar-refractivity contribution in [1.29, 1.82) is 0 Å². The van der Waals surface area contributed by atoms with Crippen LogP contribution in [0.4, 0.5) is 0 Å². The highest BCUT2D eigenvalue weighted by Gasteiger charge is 2.29. The van der Waals surface area contributed by atoms with Gasteiger partial charge in [0.15, 0.2) is 0 Å². The van der Waals surface area contributed by atoms with Crippen LogP contribution in [-0.4, -0.2) is 16.0 Å². The smallest absolute Gasteiger partial charge is 0.114 e. The first-order chi connectivity index (χ1) is 9.93. The molecule has 2 aromatic heterocycles. The minimum absolute atomic E-state index is 0.102. The molecule has 1 fully saturated rings. The number of thiazole rings is 1. The number of nitrogens with zero attached hydrogens (tertiary/aromatic N) is 2. The van der Waals surface area contributed by atoms with Crippen molar-refractivity contribution in [2.24, 2.45) is 0 Å². The third-order valence-corrected chi connectivity index (χ3v) is 4.69. The van der Waals surface area contributed by atoms with Crippen molar-refractivity contribution in [3.8, 4) is 0 Å². The van der Waals surface area contributed by atoms with Crippen LogP contribution < -0.4 is 5.32 Å². The minimum atomic E-state index is 0.102. The van der Waals surface area contributed by atoms with Gasteiger partial charge >= 0.3 is 0 Å². The average molecular weight is 301 g/mol. The van der Waals surface area contributed by atoms with E-state index in [-0.39, 0.29) is 11.5 Å². The van der Waals surface area contributed by atoms with Gasteiger partial charge in [-0.2, -0.15) is 0 Å². The first-order valence-corrected chi connectivity index (χ1v) is 8.46. The zero-order valence-electron chi connectivity index (χ0n) is 13.2. The molecule has 1 atom stereocenters. The topological polar surface area (TPSA) is 37.8 Å². The molecule has 21 heavy (non-hydrogen) atoms. The number of pyridine rings is 1. The summed E-state index contributed by atoms with van der Waals surface area (Å²) in [7, 11) is 0. The second-order valence-electron chi connectivity index (χ2n) is 6.93. The molecule has 2 heterocycles. The lowest BCUT2D eigenvalue weighted by atomic mass is 9.93. The molecule has 0 aromatic carbocycles. The predicted octanol–water partition coefficient (Wildman–Crippen LogP) is 3.99. The summed E-state index contributed by atoms with van der Waals surface area (Å²) in [6.07, 6.45) is 4.52. The van der Waals surface area contributed by atoms with Gasteiger partial charge in [-0.15, -0.1) is 11.3 Å². The van der Waals surface area contributed by atoms with Gasteiger partial charge in [-0.05, 0) is 31.4 Å². The number of rotatable bonds is 4. The summed E-state index contributed by atoms with van der Waals surface area (Å²) in [5.74, 6) is 0. The first-order valence-electron chi connectivity index (χ1n) is 7.58. The molecule has 0 spiro atoms. The molecule has 3 rings (SSSR count). The summed E-state index contributed by atoms with van der Waals surface area (Å²) >= 11 is 1.75. The minimum Gasteiger partial charge on any atom is -0.301 e. The standard InChI is InChI=1S/C17H23N3S/c1-11-5-6-12(9-18-11)15(19-13-7-8-13)16-20-14(10-21-16)17(2,3)4/h5-6,9-10,13,15,19H,7-8H2,1-4H3. The predicted molar refractivity (Wildman–Crippen MR) is 87.8 cm³/mol. The van der Waals surface area contributed by atoms with Crippen LogP contribution in [0, 0.1) is 6.92 Å². The van der Waals surface area contributed by atoms with Gasteiger partial charge in [0.05, 0.1) is 11.7 Å². The Bertz CT molecular complexity index is 606. The van der Waals surface area contributed by atoms with E-state index in [1.807, 2.05) is 13.1 Å². The molecule has 1 aliphatic carbocycles. The van der Waals surface area contributed by atoms with Crippen LogP contribution >= 0.6 is 11.3 Å². The summed E-state index contributed by atoms with van der Waals surface area (Å²) in [5.41, 5.74) is 3.54. The van der Waals surface area contributed by atoms with E-state index in [4.69, 9.17) is 4.98 Å². The van der Waals surface area contributed by atoms with E-state index >= 15 is 0 Å². The van der Waals surface area contributed by atoms with E-state index in [0.29, 0.717) is 6.04 Å². The van der Waals surface area contributed by atoms with Gasteiger partial charge in [0, 0.05) is 28.7 Å². The lowest BCUT2D eigenvalue weighted by Crippen LogP contribution is -2.25. The van der Waals surface area contributed by atoms with Crippen LogP contribution in [0.15, 0.2) is 23.7 Å². The highest BCUT2D eigenvalue weighted by Crippen LogP contribution is 2.32. The van der Waals surface area contributed by atoms with Crippen LogP contribution in [0.25, 0.3) is 0 Å². The fraction of sp³-hybridized carbons (Fsp3) is 0.529. The van der Waals surface area contributed by atoms with E-state index in [9.17, 15) is 0 Å². The molecule has 1 N–H and O–H groups in total. The molecular weight excluding hydrogens is 278 g/mol. The highest BCUT2D eigenvalue weighted by atomic mass is 32.1. The molecule has 1 aliphatic rings. The second kappa shape index (κ2) is 5.50. The monoisotopic (exact) mass is 301 g/mol. The van der Waals surface area contributed by atoms with E-state index in [1.165, 1.54) is 24.1 Å². The third-order valence-electron chi connectivity index (χ3n) is 3.78. The fourth-order valence-electron chi connectivity index (χ4n) is 2.21. The van der Waals surface area contributed by atoms with Gasteiger partial charge in [-0.1, -0.05) is 26.8 Å². The largest absolute Gasteiger partial charge is 0.301 e. The highest BCUT2D eigenvalue weighted by molar-refractivity contribution is 7.09. The molecule has 1 unspecified atom stereocenters. The van der Waals surface area contributed by atoms with Gasteiger partial charge in [0.1, 0.15) is 5.01 Å². The van der Waals surface area contributed by atoms with Crippen LogP contribution in [0.3, 0.4) is 0 Å². The van der Waals surface area contributed by atoms with Crippen LogP contribution in [-0.2, 0) is 5.41 Å². The Morgan fingerprint density at radius 1 is 1.29 bits per heavy atom. The molecule has 1 saturated carbocycles. The fourth-order valence-corrected chi connectivity index (χ4v) is 3.34. The maximum atomic E-state index is 4.89. The molecule has 4 heteroatoms. The SMILES string of the molecule is Cc1ccc(C(NC2CC2)c2nc(C(C)(C)C)cs2)cn1. The Labute approximate surface area is 130 Å². The van der Waals surface area contributed by atoms with Crippen molar-refractivity contribution in [2.75, 3.05) is 0 Å². The van der Waals surface area contributed by atoms with Crippen LogP contribution in [0.2, 0.25) is 0 Å². The van der Waals surface area contributed by atoms with Crippen molar-refractivity contribution < 1.29 is 0 Å². The first kappa shape index (κ1) is 14.7. The van der Waals surface area contributed by atoms with Crippen LogP contribution in [0.1, 0.15) is 61.6 Å². The number of hydrogen-bond donors (Lipinski definition) is 1.